The average molecular weight is 819 g/mol. The summed E-state index contributed by atoms with van der Waals surface area (Å²) in [4.78, 5) is 0. The largest absolute Gasteiger partial charge is 0.309 e. The normalized spacial score (nSPS) is 11.8. The molecule has 10 aromatic carbocycles. The van der Waals surface area contributed by atoms with E-state index in [2.05, 4.69) is 264 Å². The molecule has 2 aromatic heterocycles. The summed E-state index contributed by atoms with van der Waals surface area (Å²) in [6.45, 7) is 0. The molecule has 0 fully saturated rings. The van der Waals surface area contributed by atoms with Crippen molar-refractivity contribution >= 4 is 72.4 Å². The van der Waals surface area contributed by atoms with Crippen LogP contribution < -0.4 is 20.7 Å². The fourth-order valence-electron chi connectivity index (χ4n) is 10.3. The summed E-state index contributed by atoms with van der Waals surface area (Å²) in [7, 11) is -2.83. The van der Waals surface area contributed by atoms with Crippen molar-refractivity contribution in [1.29, 1.82) is 0 Å². The summed E-state index contributed by atoms with van der Waals surface area (Å²) in [5.74, 6) is 0. The van der Waals surface area contributed by atoms with Gasteiger partial charge in [-0.1, -0.05) is 212 Å². The van der Waals surface area contributed by atoms with Gasteiger partial charge in [0, 0.05) is 32.9 Å². The van der Waals surface area contributed by atoms with Crippen LogP contribution in [-0.2, 0) is 0 Å². The molecule has 296 valence electrons. The Kier molecular flexibility index (Phi) is 8.87. The molecule has 2 nitrogen and oxygen atoms in total. The lowest BCUT2D eigenvalue weighted by Gasteiger charge is -2.34. The molecule has 0 amide bonds. The average Bonchev–Trinajstić information content (AvgIpc) is 3.88. The van der Waals surface area contributed by atoms with Gasteiger partial charge in [0.05, 0.1) is 22.1 Å². The minimum absolute atomic E-state index is 1.13. The molecule has 0 radical (unpaired) electrons. The summed E-state index contributed by atoms with van der Waals surface area (Å²) in [5, 5.41) is 10.4. The monoisotopic (exact) mass is 818 g/mol. The van der Waals surface area contributed by atoms with Gasteiger partial charge in [0.1, 0.15) is 0 Å². The molecule has 0 spiro atoms. The van der Waals surface area contributed by atoms with Gasteiger partial charge in [0.2, 0.25) is 0 Å². The molecule has 0 aliphatic heterocycles. The number of benzene rings is 10. The van der Waals surface area contributed by atoms with Crippen molar-refractivity contribution in [2.75, 3.05) is 0 Å². The van der Waals surface area contributed by atoms with Gasteiger partial charge in [-0.25, -0.2) is 0 Å². The third-order valence-corrected chi connectivity index (χ3v) is 17.9. The number of fused-ring (bicyclic) bond motifs is 6. The van der Waals surface area contributed by atoms with E-state index in [1.165, 1.54) is 86.6 Å². The van der Waals surface area contributed by atoms with E-state index in [9.17, 15) is 0 Å². The van der Waals surface area contributed by atoms with Gasteiger partial charge in [-0.2, -0.15) is 0 Å². The highest BCUT2D eigenvalue weighted by Gasteiger charge is 2.41. The number of hydrogen-bond acceptors (Lipinski definition) is 0. The number of para-hydroxylation sites is 1. The first-order chi connectivity index (χ1) is 31.3. The molecule has 0 unspecified atom stereocenters. The predicted molar refractivity (Wildman–Crippen MR) is 270 cm³/mol. The fraction of sp³-hybridized carbons (Fsp3) is 0. The number of aromatic nitrogens is 2. The number of nitrogens with zero attached hydrogens (tertiary/aromatic N) is 2. The Bertz CT molecular complexity index is 3480. The highest BCUT2D eigenvalue weighted by atomic mass is 28.3. The van der Waals surface area contributed by atoms with Gasteiger partial charge in [0.25, 0.3) is 0 Å². The zero-order valence-corrected chi connectivity index (χ0v) is 35.6. The Labute approximate surface area is 368 Å². The quantitative estimate of drug-likeness (QED) is 0.107. The van der Waals surface area contributed by atoms with E-state index in [0.717, 1.165) is 11.4 Å². The van der Waals surface area contributed by atoms with Crippen molar-refractivity contribution in [3.63, 3.8) is 0 Å². The van der Waals surface area contributed by atoms with E-state index in [1.54, 1.807) is 0 Å². The van der Waals surface area contributed by atoms with Crippen LogP contribution in [0.2, 0.25) is 0 Å². The molecule has 0 aliphatic carbocycles. The molecule has 0 atom stereocenters. The van der Waals surface area contributed by atoms with Gasteiger partial charge in [-0.05, 0) is 85.5 Å². The van der Waals surface area contributed by atoms with Crippen LogP contribution in [0.1, 0.15) is 0 Å². The maximum atomic E-state index is 2.53. The smallest absolute Gasteiger partial charge is 0.179 e. The van der Waals surface area contributed by atoms with Gasteiger partial charge in [0.15, 0.2) is 8.07 Å². The zero-order valence-electron chi connectivity index (χ0n) is 34.6. The number of rotatable bonds is 8. The molecule has 12 rings (SSSR count). The topological polar surface area (TPSA) is 9.86 Å². The second kappa shape index (κ2) is 15.2. The van der Waals surface area contributed by atoms with Gasteiger partial charge < -0.3 is 9.13 Å². The van der Waals surface area contributed by atoms with Crippen LogP contribution in [0.3, 0.4) is 0 Å². The second-order valence-corrected chi connectivity index (χ2v) is 20.3. The summed E-state index contributed by atoms with van der Waals surface area (Å²) < 4.78 is 4.97. The van der Waals surface area contributed by atoms with Gasteiger partial charge in [-0.15, -0.1) is 0 Å². The van der Waals surface area contributed by atoms with Crippen LogP contribution in [0, 0.1) is 0 Å². The first-order valence-corrected chi connectivity index (χ1v) is 23.8. The Morgan fingerprint density at radius 2 is 0.714 bits per heavy atom. The molecule has 2 heterocycles. The molecular weight excluding hydrogens is 777 g/mol. The van der Waals surface area contributed by atoms with Gasteiger partial charge >= 0.3 is 0 Å². The fourth-order valence-corrected chi connectivity index (χ4v) is 15.1. The van der Waals surface area contributed by atoms with E-state index >= 15 is 0 Å². The molecule has 0 N–H and O–H groups in total. The maximum Gasteiger partial charge on any atom is 0.179 e. The molecule has 0 saturated carbocycles. The standard InChI is InChI=1S/C60H42N2Si/c1-6-19-43(20-7-1)44-33-35-46(36-34-44)61-56-31-17-16-29-53(56)54-39-37-47(41-58(54)61)62-57-32-18-30-52(45-21-8-2-9-22-45)60(57)55-40-38-51(42-59(55)62)63(48-23-10-3-11-24-48,49-25-12-4-13-26-49)50-27-14-5-15-28-50/h1-42H. The Hall–Kier alpha value is -7.98. The van der Waals surface area contributed by atoms with Crippen LogP contribution in [0.15, 0.2) is 255 Å². The van der Waals surface area contributed by atoms with E-state index in [0.29, 0.717) is 0 Å². The van der Waals surface area contributed by atoms with Crippen LogP contribution >= 0.6 is 0 Å². The summed E-state index contributed by atoms with van der Waals surface area (Å²) >= 11 is 0. The Morgan fingerprint density at radius 1 is 0.254 bits per heavy atom. The highest BCUT2D eigenvalue weighted by Crippen LogP contribution is 2.40. The van der Waals surface area contributed by atoms with E-state index in [-0.39, 0.29) is 0 Å². The number of hydrogen-bond donors (Lipinski definition) is 0. The molecule has 3 heteroatoms. The molecule has 0 bridgehead atoms. The first-order valence-electron chi connectivity index (χ1n) is 21.8. The maximum absolute atomic E-state index is 2.83. The molecular formula is C60H42N2Si. The van der Waals surface area contributed by atoms with Crippen LogP contribution in [0.25, 0.3) is 77.2 Å². The summed E-state index contributed by atoms with van der Waals surface area (Å²) in [5.41, 5.74) is 11.9. The molecule has 0 saturated heterocycles. The SMILES string of the molecule is c1ccc(-c2ccc(-n3c4ccccc4c4ccc(-n5c6cc([Si](c7ccccc7)(c7ccccc7)c7ccccc7)ccc6c6c(-c7ccccc7)cccc65)cc43)cc2)cc1. The predicted octanol–water partition coefficient (Wildman–Crippen LogP) is 12.6. The van der Waals surface area contributed by atoms with Gasteiger partial charge in [-0.3, -0.25) is 0 Å². The minimum Gasteiger partial charge on any atom is -0.309 e. The third-order valence-electron chi connectivity index (χ3n) is 13.1. The minimum atomic E-state index is -2.83. The van der Waals surface area contributed by atoms with Crippen molar-refractivity contribution in [3.05, 3.63) is 255 Å². The Morgan fingerprint density at radius 3 is 1.35 bits per heavy atom. The van der Waals surface area contributed by atoms with Crippen LogP contribution in [-0.4, -0.2) is 17.2 Å². The zero-order chi connectivity index (χ0) is 41.7. The van der Waals surface area contributed by atoms with Crippen LogP contribution in [0.4, 0.5) is 0 Å². The van der Waals surface area contributed by atoms with Crippen LogP contribution in [0.5, 0.6) is 0 Å². The van der Waals surface area contributed by atoms with E-state index < -0.39 is 8.07 Å². The molecule has 63 heavy (non-hydrogen) atoms. The lowest BCUT2D eigenvalue weighted by atomic mass is 9.99. The van der Waals surface area contributed by atoms with Crippen molar-refractivity contribution in [2.24, 2.45) is 0 Å². The van der Waals surface area contributed by atoms with Crippen molar-refractivity contribution in [2.45, 2.75) is 0 Å². The molecule has 12 aromatic rings. The Balaban J connectivity index is 1.16. The third kappa shape index (κ3) is 5.93. The van der Waals surface area contributed by atoms with Crippen molar-refractivity contribution in [1.82, 2.24) is 9.13 Å². The van der Waals surface area contributed by atoms with Crippen molar-refractivity contribution in [3.8, 4) is 33.6 Å². The second-order valence-electron chi connectivity index (χ2n) is 16.4. The molecule has 0 aliphatic rings. The first kappa shape index (κ1) is 36.8. The lowest BCUT2D eigenvalue weighted by molar-refractivity contribution is 1.15. The van der Waals surface area contributed by atoms with E-state index in [1.807, 2.05) is 0 Å². The summed E-state index contributed by atoms with van der Waals surface area (Å²) in [6, 6.07) is 94.3. The lowest BCUT2D eigenvalue weighted by Crippen LogP contribution is -2.74. The van der Waals surface area contributed by atoms with Crippen molar-refractivity contribution < 1.29 is 0 Å². The highest BCUT2D eigenvalue weighted by molar-refractivity contribution is 7.20. The summed E-state index contributed by atoms with van der Waals surface area (Å²) in [6.07, 6.45) is 0. The van der Waals surface area contributed by atoms with E-state index in [4.69, 9.17) is 0 Å².